The molecule has 0 aliphatic rings. The Morgan fingerprint density at radius 3 is 2.29 bits per heavy atom. The first kappa shape index (κ1) is 20.9. The van der Waals surface area contributed by atoms with E-state index < -0.39 is 42.1 Å². The van der Waals surface area contributed by atoms with Gasteiger partial charge >= 0.3 is 12.1 Å². The lowest BCUT2D eigenvalue weighted by molar-refractivity contribution is -0.141. The minimum atomic E-state index is -4.56. The zero-order chi connectivity index (χ0) is 20.7. The average Bonchev–Trinajstić information content (AvgIpc) is 2.65. The number of alkyl halides is 3. The molecular weight excluding hydrogens is 377 g/mol. The Labute approximate surface area is 158 Å². The molecular formula is C19H17F3N2O4. The molecule has 9 heteroatoms. The first-order chi connectivity index (χ1) is 13.2. The highest BCUT2D eigenvalue weighted by molar-refractivity contribution is 5.96. The van der Waals surface area contributed by atoms with Crippen LogP contribution in [-0.2, 0) is 22.2 Å². The molecule has 0 spiro atoms. The largest absolute Gasteiger partial charge is 0.480 e. The van der Waals surface area contributed by atoms with Crippen molar-refractivity contribution < 1.29 is 32.7 Å². The third-order valence-electron chi connectivity index (χ3n) is 3.77. The second kappa shape index (κ2) is 9.03. The first-order valence-corrected chi connectivity index (χ1v) is 8.18. The molecule has 0 saturated carbocycles. The lowest BCUT2D eigenvalue weighted by Gasteiger charge is -2.16. The van der Waals surface area contributed by atoms with E-state index in [4.69, 9.17) is 0 Å². The van der Waals surface area contributed by atoms with E-state index >= 15 is 0 Å². The lowest BCUT2D eigenvalue weighted by Crippen LogP contribution is -2.46. The van der Waals surface area contributed by atoms with Crippen LogP contribution in [0.1, 0.15) is 21.5 Å². The summed E-state index contributed by atoms with van der Waals surface area (Å²) in [4.78, 5) is 35.2. The summed E-state index contributed by atoms with van der Waals surface area (Å²) in [6.45, 7) is -0.472. The first-order valence-electron chi connectivity index (χ1n) is 8.18. The number of amides is 2. The molecule has 148 valence electrons. The SMILES string of the molecule is O=C(CNC(=O)c1ccccc1)N[C@@H](Cc1cccc(C(F)(F)F)c1)C(=O)O. The zero-order valence-corrected chi connectivity index (χ0v) is 14.5. The third-order valence-corrected chi connectivity index (χ3v) is 3.77. The van der Waals surface area contributed by atoms with Gasteiger partial charge in [0.15, 0.2) is 0 Å². The summed E-state index contributed by atoms with van der Waals surface area (Å²) in [6, 6.07) is 10.9. The zero-order valence-electron chi connectivity index (χ0n) is 14.5. The fraction of sp³-hybridized carbons (Fsp3) is 0.211. The number of benzene rings is 2. The van der Waals surface area contributed by atoms with Crippen LogP contribution in [0.3, 0.4) is 0 Å². The van der Waals surface area contributed by atoms with Crippen molar-refractivity contribution >= 4 is 17.8 Å². The summed E-state index contributed by atoms with van der Waals surface area (Å²) >= 11 is 0. The molecule has 0 unspecified atom stereocenters. The normalized spacial score (nSPS) is 12.1. The van der Waals surface area contributed by atoms with Crippen molar-refractivity contribution in [2.24, 2.45) is 0 Å². The smallest absolute Gasteiger partial charge is 0.416 e. The van der Waals surface area contributed by atoms with E-state index in [1.165, 1.54) is 12.1 Å². The van der Waals surface area contributed by atoms with Crippen LogP contribution in [0.4, 0.5) is 13.2 Å². The molecule has 28 heavy (non-hydrogen) atoms. The Morgan fingerprint density at radius 2 is 1.68 bits per heavy atom. The van der Waals surface area contributed by atoms with Crippen molar-refractivity contribution in [2.75, 3.05) is 6.54 Å². The Morgan fingerprint density at radius 1 is 1.00 bits per heavy atom. The molecule has 0 aliphatic carbocycles. The van der Waals surface area contributed by atoms with Gasteiger partial charge in [0.1, 0.15) is 6.04 Å². The maximum atomic E-state index is 12.8. The van der Waals surface area contributed by atoms with Crippen LogP contribution in [0.5, 0.6) is 0 Å². The lowest BCUT2D eigenvalue weighted by atomic mass is 10.0. The summed E-state index contributed by atoms with van der Waals surface area (Å²) < 4.78 is 38.3. The van der Waals surface area contributed by atoms with Gasteiger partial charge in [0, 0.05) is 12.0 Å². The average molecular weight is 394 g/mol. The van der Waals surface area contributed by atoms with Crippen LogP contribution in [0.25, 0.3) is 0 Å². The van der Waals surface area contributed by atoms with E-state index in [0.29, 0.717) is 5.56 Å². The number of carboxylic acids is 1. The van der Waals surface area contributed by atoms with Gasteiger partial charge < -0.3 is 15.7 Å². The topological polar surface area (TPSA) is 95.5 Å². The van der Waals surface area contributed by atoms with Crippen LogP contribution in [-0.4, -0.2) is 35.5 Å². The third kappa shape index (κ3) is 6.11. The molecule has 0 aromatic heterocycles. The molecule has 2 aromatic rings. The highest BCUT2D eigenvalue weighted by atomic mass is 19.4. The Balaban J connectivity index is 1.96. The highest BCUT2D eigenvalue weighted by Crippen LogP contribution is 2.29. The van der Waals surface area contributed by atoms with Gasteiger partial charge in [0.25, 0.3) is 5.91 Å². The molecule has 0 bridgehead atoms. The summed E-state index contributed by atoms with van der Waals surface area (Å²) in [5.74, 6) is -2.69. The van der Waals surface area contributed by atoms with Gasteiger partial charge in [-0.25, -0.2) is 4.79 Å². The molecule has 0 radical (unpaired) electrons. The molecule has 6 nitrogen and oxygen atoms in total. The Hall–Kier alpha value is -3.36. The van der Waals surface area contributed by atoms with Gasteiger partial charge in [-0.3, -0.25) is 9.59 Å². The standard InChI is InChI=1S/C19H17F3N2O4/c20-19(21,22)14-8-4-5-12(9-14)10-15(18(27)28)24-16(25)11-23-17(26)13-6-2-1-3-7-13/h1-9,15H,10-11H2,(H,23,26)(H,24,25)(H,27,28)/t15-/m0/s1. The number of rotatable bonds is 7. The van der Waals surface area contributed by atoms with Gasteiger partial charge in [-0.15, -0.1) is 0 Å². The Kier molecular flexibility index (Phi) is 6.75. The number of hydrogen-bond donors (Lipinski definition) is 3. The van der Waals surface area contributed by atoms with Gasteiger partial charge in [-0.1, -0.05) is 36.4 Å². The summed E-state index contributed by atoms with van der Waals surface area (Å²) in [7, 11) is 0. The van der Waals surface area contributed by atoms with Crippen LogP contribution in [0, 0.1) is 0 Å². The quantitative estimate of drug-likeness (QED) is 0.671. The predicted molar refractivity (Wildman–Crippen MR) is 93.5 cm³/mol. The molecule has 0 heterocycles. The molecule has 0 fully saturated rings. The Bertz CT molecular complexity index is 854. The minimum absolute atomic E-state index is 0.107. The number of carboxylic acid groups (broad SMARTS) is 1. The molecule has 0 aliphatic heterocycles. The maximum Gasteiger partial charge on any atom is 0.416 e. The van der Waals surface area contributed by atoms with Gasteiger partial charge in [0.05, 0.1) is 12.1 Å². The second-order valence-electron chi connectivity index (χ2n) is 5.91. The molecule has 2 rings (SSSR count). The van der Waals surface area contributed by atoms with Crippen LogP contribution in [0.2, 0.25) is 0 Å². The molecule has 2 aromatic carbocycles. The van der Waals surface area contributed by atoms with Gasteiger partial charge in [0.2, 0.25) is 5.91 Å². The fourth-order valence-corrected chi connectivity index (χ4v) is 2.41. The van der Waals surface area contributed by atoms with Gasteiger partial charge in [-0.05, 0) is 23.8 Å². The van der Waals surface area contributed by atoms with E-state index in [-0.39, 0.29) is 12.0 Å². The van der Waals surface area contributed by atoms with Crippen molar-refractivity contribution in [3.8, 4) is 0 Å². The van der Waals surface area contributed by atoms with E-state index in [1.54, 1.807) is 30.3 Å². The summed E-state index contributed by atoms with van der Waals surface area (Å²) in [6.07, 6.45) is -4.89. The van der Waals surface area contributed by atoms with Crippen molar-refractivity contribution in [1.29, 1.82) is 0 Å². The number of halogens is 3. The number of hydrogen-bond acceptors (Lipinski definition) is 3. The van der Waals surface area contributed by atoms with E-state index in [0.717, 1.165) is 12.1 Å². The second-order valence-corrected chi connectivity index (χ2v) is 5.91. The van der Waals surface area contributed by atoms with Crippen molar-refractivity contribution in [3.63, 3.8) is 0 Å². The number of nitrogens with one attached hydrogen (secondary N) is 2. The molecule has 1 atom stereocenters. The van der Waals surface area contributed by atoms with E-state index in [9.17, 15) is 32.7 Å². The molecule has 2 amide bonds. The fourth-order valence-electron chi connectivity index (χ4n) is 2.41. The van der Waals surface area contributed by atoms with Crippen molar-refractivity contribution in [1.82, 2.24) is 10.6 Å². The molecule has 3 N–H and O–H groups in total. The number of carbonyl (C=O) groups is 3. The molecule has 0 saturated heterocycles. The number of carbonyl (C=O) groups excluding carboxylic acids is 2. The van der Waals surface area contributed by atoms with Gasteiger partial charge in [-0.2, -0.15) is 13.2 Å². The van der Waals surface area contributed by atoms with Crippen molar-refractivity contribution in [2.45, 2.75) is 18.6 Å². The predicted octanol–water partition coefficient (Wildman–Crippen LogP) is 2.25. The highest BCUT2D eigenvalue weighted by Gasteiger charge is 2.31. The van der Waals surface area contributed by atoms with E-state index in [1.807, 2.05) is 0 Å². The minimum Gasteiger partial charge on any atom is -0.480 e. The summed E-state index contributed by atoms with van der Waals surface area (Å²) in [5, 5.41) is 13.8. The summed E-state index contributed by atoms with van der Waals surface area (Å²) in [5.41, 5.74) is -0.472. The van der Waals surface area contributed by atoms with Crippen LogP contribution < -0.4 is 10.6 Å². The maximum absolute atomic E-state index is 12.8. The monoisotopic (exact) mass is 394 g/mol. The van der Waals surface area contributed by atoms with E-state index in [2.05, 4.69) is 10.6 Å². The van der Waals surface area contributed by atoms with Crippen molar-refractivity contribution in [3.05, 3.63) is 71.3 Å². The number of aliphatic carboxylic acids is 1. The van der Waals surface area contributed by atoms with Crippen LogP contribution >= 0.6 is 0 Å². The van der Waals surface area contributed by atoms with Crippen LogP contribution in [0.15, 0.2) is 54.6 Å².